The Balaban J connectivity index is 2.61. The molecule has 0 saturated heterocycles. The smallest absolute Gasteiger partial charge is 0.164 e. The van der Waals surface area contributed by atoms with Gasteiger partial charge in [-0.1, -0.05) is 13.8 Å². The second-order valence-corrected chi connectivity index (χ2v) is 3.49. The lowest BCUT2D eigenvalue weighted by atomic mass is 10.1. The summed E-state index contributed by atoms with van der Waals surface area (Å²) in [5, 5.41) is 4.03. The van der Waals surface area contributed by atoms with Crippen LogP contribution in [-0.4, -0.2) is 24.7 Å². The van der Waals surface area contributed by atoms with E-state index in [1.165, 1.54) is 12.7 Å². The van der Waals surface area contributed by atoms with Crippen LogP contribution in [0, 0.1) is 0 Å². The first-order chi connectivity index (χ1) is 7.20. The molecule has 0 radical (unpaired) electrons. The van der Waals surface area contributed by atoms with Crippen molar-refractivity contribution in [2.45, 2.75) is 19.8 Å². The molecule has 2 N–H and O–H groups in total. The fraction of sp³-hybridized carbons (Fsp3) is 0.333. The second kappa shape index (κ2) is 3.64. The van der Waals surface area contributed by atoms with E-state index in [4.69, 9.17) is 5.73 Å². The number of rotatable bonds is 2. The van der Waals surface area contributed by atoms with Crippen molar-refractivity contribution < 1.29 is 0 Å². The van der Waals surface area contributed by atoms with Gasteiger partial charge in [0.2, 0.25) is 0 Å². The standard InChI is InChI=1S/C9H12N6/c1-6(2)7-8(10)12-4-13-9(7)15-5-11-3-14-15/h3-6H,1-2H3,(H2,10,12,13). The van der Waals surface area contributed by atoms with Gasteiger partial charge in [0.25, 0.3) is 0 Å². The molecule has 0 saturated carbocycles. The molecule has 0 bridgehead atoms. The van der Waals surface area contributed by atoms with Gasteiger partial charge in [-0.2, -0.15) is 5.10 Å². The van der Waals surface area contributed by atoms with Crippen molar-refractivity contribution in [2.75, 3.05) is 5.73 Å². The van der Waals surface area contributed by atoms with E-state index in [9.17, 15) is 0 Å². The predicted octanol–water partition coefficient (Wildman–Crippen LogP) is 0.763. The van der Waals surface area contributed by atoms with Crippen LogP contribution >= 0.6 is 0 Å². The molecule has 78 valence electrons. The second-order valence-electron chi connectivity index (χ2n) is 3.49. The summed E-state index contributed by atoms with van der Waals surface area (Å²) in [5.41, 5.74) is 6.71. The van der Waals surface area contributed by atoms with Crippen molar-refractivity contribution in [1.82, 2.24) is 24.7 Å². The maximum Gasteiger partial charge on any atom is 0.164 e. The highest BCUT2D eigenvalue weighted by Gasteiger charge is 2.14. The van der Waals surface area contributed by atoms with Gasteiger partial charge in [0, 0.05) is 5.56 Å². The van der Waals surface area contributed by atoms with Crippen LogP contribution in [-0.2, 0) is 0 Å². The van der Waals surface area contributed by atoms with Crippen molar-refractivity contribution in [2.24, 2.45) is 0 Å². The zero-order valence-electron chi connectivity index (χ0n) is 8.62. The van der Waals surface area contributed by atoms with Gasteiger partial charge >= 0.3 is 0 Å². The zero-order chi connectivity index (χ0) is 10.8. The molecule has 2 rings (SSSR count). The van der Waals surface area contributed by atoms with Crippen LogP contribution in [0.3, 0.4) is 0 Å². The van der Waals surface area contributed by atoms with E-state index in [0.717, 1.165) is 5.56 Å². The number of nitrogen functional groups attached to an aromatic ring is 1. The van der Waals surface area contributed by atoms with Gasteiger partial charge in [-0.25, -0.2) is 19.6 Å². The van der Waals surface area contributed by atoms with Gasteiger partial charge in [0.05, 0.1) is 0 Å². The first-order valence-electron chi connectivity index (χ1n) is 4.65. The molecule has 0 aliphatic carbocycles. The highest BCUT2D eigenvalue weighted by atomic mass is 15.3. The molecule has 2 aromatic rings. The minimum atomic E-state index is 0.241. The third-order valence-electron chi connectivity index (χ3n) is 2.11. The van der Waals surface area contributed by atoms with Gasteiger partial charge in [-0.15, -0.1) is 0 Å². The van der Waals surface area contributed by atoms with Crippen LogP contribution in [0.5, 0.6) is 0 Å². The fourth-order valence-electron chi connectivity index (χ4n) is 1.45. The molecule has 6 heteroatoms. The highest BCUT2D eigenvalue weighted by molar-refractivity contribution is 5.49. The molecular weight excluding hydrogens is 192 g/mol. The van der Waals surface area contributed by atoms with Gasteiger partial charge in [0.15, 0.2) is 5.82 Å². The lowest BCUT2D eigenvalue weighted by molar-refractivity contribution is 0.775. The van der Waals surface area contributed by atoms with Crippen molar-refractivity contribution in [3.63, 3.8) is 0 Å². The summed E-state index contributed by atoms with van der Waals surface area (Å²) in [6, 6.07) is 0. The molecule has 0 atom stereocenters. The summed E-state index contributed by atoms with van der Waals surface area (Å²) in [7, 11) is 0. The zero-order valence-corrected chi connectivity index (χ0v) is 8.62. The number of nitrogens with zero attached hydrogens (tertiary/aromatic N) is 5. The molecule has 0 spiro atoms. The molecule has 0 fully saturated rings. The van der Waals surface area contributed by atoms with Crippen LogP contribution in [0.25, 0.3) is 5.82 Å². The monoisotopic (exact) mass is 204 g/mol. The lowest BCUT2D eigenvalue weighted by Gasteiger charge is -2.12. The lowest BCUT2D eigenvalue weighted by Crippen LogP contribution is -2.09. The number of nitrogens with two attached hydrogens (primary N) is 1. The minimum Gasteiger partial charge on any atom is -0.383 e. The average Bonchev–Trinajstić information content (AvgIpc) is 2.69. The van der Waals surface area contributed by atoms with Crippen LogP contribution in [0.2, 0.25) is 0 Å². The third kappa shape index (κ3) is 1.65. The molecule has 2 aromatic heterocycles. The van der Waals surface area contributed by atoms with Crippen molar-refractivity contribution >= 4 is 5.82 Å². The van der Waals surface area contributed by atoms with Crippen molar-refractivity contribution in [1.29, 1.82) is 0 Å². The number of aromatic nitrogens is 5. The Labute approximate surface area is 87.2 Å². The largest absolute Gasteiger partial charge is 0.383 e. The minimum absolute atomic E-state index is 0.241. The summed E-state index contributed by atoms with van der Waals surface area (Å²) in [5.74, 6) is 1.42. The highest BCUT2D eigenvalue weighted by Crippen LogP contribution is 2.24. The normalized spacial score (nSPS) is 10.9. The Bertz CT molecular complexity index is 448. The van der Waals surface area contributed by atoms with Crippen LogP contribution < -0.4 is 5.73 Å². The van der Waals surface area contributed by atoms with E-state index in [1.807, 2.05) is 13.8 Å². The summed E-state index contributed by atoms with van der Waals surface area (Å²) < 4.78 is 1.59. The molecule has 0 unspecified atom stereocenters. The van der Waals surface area contributed by atoms with Gasteiger partial charge in [0.1, 0.15) is 24.8 Å². The van der Waals surface area contributed by atoms with Crippen LogP contribution in [0.4, 0.5) is 5.82 Å². The molecule has 0 amide bonds. The van der Waals surface area contributed by atoms with Crippen LogP contribution in [0.15, 0.2) is 19.0 Å². The predicted molar refractivity (Wildman–Crippen MR) is 55.5 cm³/mol. The van der Waals surface area contributed by atoms with E-state index >= 15 is 0 Å². The van der Waals surface area contributed by atoms with E-state index in [0.29, 0.717) is 11.6 Å². The van der Waals surface area contributed by atoms with E-state index < -0.39 is 0 Å². The molecule has 6 nitrogen and oxygen atoms in total. The maximum absolute atomic E-state index is 5.82. The maximum atomic E-state index is 5.82. The Hall–Kier alpha value is -1.98. The molecule has 0 aliphatic rings. The van der Waals surface area contributed by atoms with Crippen molar-refractivity contribution in [3.05, 3.63) is 24.5 Å². The molecule has 2 heterocycles. The summed E-state index contributed by atoms with van der Waals surface area (Å²) in [4.78, 5) is 12.0. The average molecular weight is 204 g/mol. The van der Waals surface area contributed by atoms with Gasteiger partial charge in [-0.05, 0) is 5.92 Å². The fourth-order valence-corrected chi connectivity index (χ4v) is 1.45. The summed E-state index contributed by atoms with van der Waals surface area (Å²) in [6.45, 7) is 4.07. The molecule has 15 heavy (non-hydrogen) atoms. The van der Waals surface area contributed by atoms with Gasteiger partial charge in [-0.3, -0.25) is 0 Å². The van der Waals surface area contributed by atoms with Crippen molar-refractivity contribution in [3.8, 4) is 5.82 Å². The first-order valence-corrected chi connectivity index (χ1v) is 4.65. The SMILES string of the molecule is CC(C)c1c(N)ncnc1-n1cncn1. The van der Waals surface area contributed by atoms with E-state index in [2.05, 4.69) is 20.1 Å². The van der Waals surface area contributed by atoms with E-state index in [-0.39, 0.29) is 5.92 Å². The Kier molecular flexibility index (Phi) is 2.32. The number of anilines is 1. The third-order valence-corrected chi connectivity index (χ3v) is 2.11. The first kappa shape index (κ1) is 9.57. The summed E-state index contributed by atoms with van der Waals surface area (Å²) in [6.07, 6.45) is 4.48. The molecule has 0 aromatic carbocycles. The van der Waals surface area contributed by atoms with Crippen LogP contribution in [0.1, 0.15) is 25.3 Å². The molecule has 0 aliphatic heterocycles. The molecular formula is C9H12N6. The Morgan fingerprint density at radius 2 is 2.07 bits per heavy atom. The number of hydrogen-bond acceptors (Lipinski definition) is 5. The van der Waals surface area contributed by atoms with E-state index in [1.54, 1.807) is 11.0 Å². The topological polar surface area (TPSA) is 82.5 Å². The van der Waals surface area contributed by atoms with Gasteiger partial charge < -0.3 is 5.73 Å². The number of hydrogen-bond donors (Lipinski definition) is 1. The quantitative estimate of drug-likeness (QED) is 0.781. The summed E-state index contributed by atoms with van der Waals surface area (Å²) >= 11 is 0. The Morgan fingerprint density at radius 1 is 1.27 bits per heavy atom. The Morgan fingerprint density at radius 3 is 2.67 bits per heavy atom.